The highest BCUT2D eigenvalue weighted by Gasteiger charge is 2.12. The minimum atomic E-state index is -0.439. The number of ketones is 1. The van der Waals surface area contributed by atoms with Crippen molar-refractivity contribution in [3.63, 3.8) is 0 Å². The lowest BCUT2D eigenvalue weighted by Crippen LogP contribution is -2.27. The molecule has 12 heavy (non-hydrogen) atoms. The van der Waals surface area contributed by atoms with Gasteiger partial charge in [0.25, 0.3) is 0 Å². The van der Waals surface area contributed by atoms with Crippen LogP contribution in [0.15, 0.2) is 18.5 Å². The minimum Gasteiger partial charge on any atom is -0.321 e. The van der Waals surface area contributed by atoms with Crippen LogP contribution < -0.4 is 5.73 Å². The molecule has 0 amide bonds. The summed E-state index contributed by atoms with van der Waals surface area (Å²) in [5.41, 5.74) is 7.01. The molecule has 0 aliphatic rings. The number of rotatable bonds is 2. The van der Waals surface area contributed by atoms with Crippen molar-refractivity contribution >= 4 is 5.78 Å². The molecule has 1 aromatic rings. The van der Waals surface area contributed by atoms with E-state index in [1.807, 2.05) is 6.92 Å². The predicted octanol–water partition coefficient (Wildman–Crippen LogP) is 0.920. The van der Waals surface area contributed by atoms with E-state index >= 15 is 0 Å². The van der Waals surface area contributed by atoms with E-state index in [4.69, 9.17) is 5.73 Å². The molecular formula is C9H12N2O. The summed E-state index contributed by atoms with van der Waals surface area (Å²) in [5.74, 6) is -0.0325. The zero-order valence-electron chi connectivity index (χ0n) is 7.24. The quantitative estimate of drug-likeness (QED) is 0.661. The van der Waals surface area contributed by atoms with Gasteiger partial charge < -0.3 is 5.73 Å². The highest BCUT2D eigenvalue weighted by molar-refractivity contribution is 6.00. The Bertz CT molecular complexity index is 294. The second-order valence-electron chi connectivity index (χ2n) is 2.84. The molecule has 1 heterocycles. The number of Topliss-reactive ketones (excluding diaryl/α,β-unsaturated/α-hetero) is 1. The third-order valence-electron chi connectivity index (χ3n) is 1.70. The van der Waals surface area contributed by atoms with E-state index < -0.39 is 6.04 Å². The third-order valence-corrected chi connectivity index (χ3v) is 1.70. The summed E-state index contributed by atoms with van der Waals surface area (Å²) in [6.45, 7) is 3.53. The summed E-state index contributed by atoms with van der Waals surface area (Å²) in [5, 5.41) is 0. The van der Waals surface area contributed by atoms with Crippen LogP contribution in [-0.4, -0.2) is 16.8 Å². The number of nitrogens with zero attached hydrogens (tertiary/aromatic N) is 1. The van der Waals surface area contributed by atoms with Gasteiger partial charge >= 0.3 is 0 Å². The van der Waals surface area contributed by atoms with E-state index in [-0.39, 0.29) is 5.78 Å². The summed E-state index contributed by atoms with van der Waals surface area (Å²) in [4.78, 5) is 15.3. The van der Waals surface area contributed by atoms with Crippen LogP contribution in [0.25, 0.3) is 0 Å². The van der Waals surface area contributed by atoms with Crippen LogP contribution >= 0.6 is 0 Å². The maximum absolute atomic E-state index is 11.4. The van der Waals surface area contributed by atoms with Crippen LogP contribution in [0.1, 0.15) is 22.8 Å². The van der Waals surface area contributed by atoms with E-state index in [9.17, 15) is 4.79 Å². The Labute approximate surface area is 71.6 Å². The van der Waals surface area contributed by atoms with Crippen molar-refractivity contribution in [3.05, 3.63) is 29.6 Å². The first-order valence-electron chi connectivity index (χ1n) is 3.83. The molecule has 1 unspecified atom stereocenters. The molecule has 0 aliphatic heterocycles. The largest absolute Gasteiger partial charge is 0.321 e. The van der Waals surface area contributed by atoms with E-state index in [2.05, 4.69) is 4.98 Å². The van der Waals surface area contributed by atoms with Gasteiger partial charge in [0, 0.05) is 18.0 Å². The molecule has 0 saturated heterocycles. The Balaban J connectivity index is 3.03. The van der Waals surface area contributed by atoms with Crippen molar-refractivity contribution in [2.45, 2.75) is 19.9 Å². The van der Waals surface area contributed by atoms with Gasteiger partial charge in [-0.3, -0.25) is 9.78 Å². The molecule has 0 aromatic carbocycles. The normalized spacial score (nSPS) is 12.6. The maximum atomic E-state index is 11.4. The lowest BCUT2D eigenvalue weighted by atomic mass is 10.0. The standard InChI is InChI=1S/C9H12N2O/c1-6-5-11-4-3-8(6)9(12)7(2)10/h3-5,7H,10H2,1-2H3. The number of carbonyl (C=O) groups is 1. The second kappa shape index (κ2) is 3.45. The van der Waals surface area contributed by atoms with Gasteiger partial charge in [0.05, 0.1) is 6.04 Å². The Morgan fingerprint density at radius 2 is 2.33 bits per heavy atom. The molecule has 2 N–H and O–H groups in total. The van der Waals surface area contributed by atoms with Crippen molar-refractivity contribution in [2.24, 2.45) is 5.73 Å². The van der Waals surface area contributed by atoms with Crippen LogP contribution in [0.3, 0.4) is 0 Å². The first-order valence-corrected chi connectivity index (χ1v) is 3.83. The third kappa shape index (κ3) is 1.68. The Hall–Kier alpha value is -1.22. The van der Waals surface area contributed by atoms with E-state index in [0.717, 1.165) is 5.56 Å². The highest BCUT2D eigenvalue weighted by atomic mass is 16.1. The average Bonchev–Trinajstić information content (AvgIpc) is 2.04. The number of hydrogen-bond acceptors (Lipinski definition) is 3. The SMILES string of the molecule is Cc1cnccc1C(=O)C(C)N. The lowest BCUT2D eigenvalue weighted by molar-refractivity contribution is 0.0967. The zero-order chi connectivity index (χ0) is 9.14. The van der Waals surface area contributed by atoms with Crippen LogP contribution in [0.4, 0.5) is 0 Å². The number of pyridine rings is 1. The summed E-state index contributed by atoms with van der Waals surface area (Å²) in [6.07, 6.45) is 3.26. The topological polar surface area (TPSA) is 56.0 Å². The smallest absolute Gasteiger partial charge is 0.179 e. The van der Waals surface area contributed by atoms with Crippen molar-refractivity contribution < 1.29 is 4.79 Å². The number of hydrogen-bond donors (Lipinski definition) is 1. The van der Waals surface area contributed by atoms with E-state index in [0.29, 0.717) is 5.56 Å². The van der Waals surface area contributed by atoms with Crippen LogP contribution in [-0.2, 0) is 0 Å². The highest BCUT2D eigenvalue weighted by Crippen LogP contribution is 2.06. The molecule has 0 saturated carbocycles. The zero-order valence-corrected chi connectivity index (χ0v) is 7.24. The van der Waals surface area contributed by atoms with Crippen LogP contribution in [0, 0.1) is 6.92 Å². The molecule has 0 radical (unpaired) electrons. The van der Waals surface area contributed by atoms with Gasteiger partial charge in [-0.2, -0.15) is 0 Å². The Morgan fingerprint density at radius 1 is 1.67 bits per heavy atom. The first-order chi connectivity index (χ1) is 5.63. The van der Waals surface area contributed by atoms with Gasteiger partial charge in [0.15, 0.2) is 5.78 Å². The van der Waals surface area contributed by atoms with Crippen molar-refractivity contribution in [1.82, 2.24) is 4.98 Å². The fourth-order valence-corrected chi connectivity index (χ4v) is 0.995. The van der Waals surface area contributed by atoms with Gasteiger partial charge in [-0.25, -0.2) is 0 Å². The van der Waals surface area contributed by atoms with Gasteiger partial charge in [-0.05, 0) is 25.5 Å². The van der Waals surface area contributed by atoms with Crippen molar-refractivity contribution in [1.29, 1.82) is 0 Å². The summed E-state index contributed by atoms with van der Waals surface area (Å²) in [7, 11) is 0. The van der Waals surface area contributed by atoms with Crippen LogP contribution in [0.2, 0.25) is 0 Å². The molecule has 3 heteroatoms. The predicted molar refractivity (Wildman–Crippen MR) is 47.0 cm³/mol. The van der Waals surface area contributed by atoms with Gasteiger partial charge in [-0.1, -0.05) is 0 Å². The minimum absolute atomic E-state index is 0.0325. The maximum Gasteiger partial charge on any atom is 0.179 e. The van der Waals surface area contributed by atoms with Crippen molar-refractivity contribution in [3.8, 4) is 0 Å². The molecule has 64 valence electrons. The van der Waals surface area contributed by atoms with E-state index in [1.165, 1.54) is 0 Å². The number of nitrogens with two attached hydrogens (primary N) is 1. The van der Waals surface area contributed by atoms with Gasteiger partial charge in [-0.15, -0.1) is 0 Å². The monoisotopic (exact) mass is 164 g/mol. The molecule has 3 nitrogen and oxygen atoms in total. The first kappa shape index (κ1) is 8.87. The molecule has 1 aromatic heterocycles. The number of aromatic nitrogens is 1. The second-order valence-corrected chi connectivity index (χ2v) is 2.84. The average molecular weight is 164 g/mol. The van der Waals surface area contributed by atoms with Gasteiger partial charge in [0.1, 0.15) is 0 Å². The molecule has 0 spiro atoms. The summed E-state index contributed by atoms with van der Waals surface area (Å²) < 4.78 is 0. The fourth-order valence-electron chi connectivity index (χ4n) is 0.995. The van der Waals surface area contributed by atoms with Crippen LogP contribution in [0.5, 0.6) is 0 Å². The van der Waals surface area contributed by atoms with Crippen molar-refractivity contribution in [2.75, 3.05) is 0 Å². The number of aryl methyl sites for hydroxylation is 1. The fraction of sp³-hybridized carbons (Fsp3) is 0.333. The summed E-state index contributed by atoms with van der Waals surface area (Å²) >= 11 is 0. The van der Waals surface area contributed by atoms with Gasteiger partial charge in [0.2, 0.25) is 0 Å². The molecule has 1 rings (SSSR count). The lowest BCUT2D eigenvalue weighted by Gasteiger charge is -2.05. The molecule has 1 atom stereocenters. The molecular weight excluding hydrogens is 152 g/mol. The van der Waals surface area contributed by atoms with E-state index in [1.54, 1.807) is 25.4 Å². The molecule has 0 bridgehead atoms. The Morgan fingerprint density at radius 3 is 2.83 bits per heavy atom. The molecule has 0 fully saturated rings. The molecule has 0 aliphatic carbocycles. The number of carbonyl (C=O) groups excluding carboxylic acids is 1. The summed E-state index contributed by atoms with van der Waals surface area (Å²) in [6, 6.07) is 1.26. The Kier molecular flexibility index (Phi) is 2.55.